The molecule has 0 aliphatic carbocycles. The molecule has 0 unspecified atom stereocenters. The number of nitrogens with zero attached hydrogens (tertiary/aromatic N) is 2. The molecule has 19 heavy (non-hydrogen) atoms. The number of benzene rings is 1. The summed E-state index contributed by atoms with van der Waals surface area (Å²) in [7, 11) is 0. The summed E-state index contributed by atoms with van der Waals surface area (Å²) in [6, 6.07) is 5.48. The van der Waals surface area contributed by atoms with Gasteiger partial charge in [0.15, 0.2) is 0 Å². The van der Waals surface area contributed by atoms with Gasteiger partial charge < -0.3 is 5.73 Å². The monoisotopic (exact) mass is 269 g/mol. The quantitative estimate of drug-likeness (QED) is 0.930. The minimum atomic E-state index is -4.40. The van der Waals surface area contributed by atoms with Gasteiger partial charge in [0, 0.05) is 24.2 Å². The van der Waals surface area contributed by atoms with Crippen molar-refractivity contribution in [2.45, 2.75) is 26.2 Å². The molecular formula is C13H14F3N3. The average molecular weight is 269 g/mol. The van der Waals surface area contributed by atoms with Crippen molar-refractivity contribution in [2.75, 3.05) is 0 Å². The number of hydrogen-bond acceptors (Lipinski definition) is 2. The van der Waals surface area contributed by atoms with Crippen LogP contribution in [0.25, 0.3) is 11.3 Å². The van der Waals surface area contributed by atoms with E-state index in [0.29, 0.717) is 17.8 Å². The first-order valence-corrected chi connectivity index (χ1v) is 5.90. The summed E-state index contributed by atoms with van der Waals surface area (Å²) in [4.78, 5) is 0. The fourth-order valence-corrected chi connectivity index (χ4v) is 2.06. The van der Waals surface area contributed by atoms with Crippen LogP contribution in [0, 0.1) is 0 Å². The van der Waals surface area contributed by atoms with Crippen LogP contribution in [0.5, 0.6) is 0 Å². The number of aromatic nitrogens is 2. The van der Waals surface area contributed by atoms with Crippen LogP contribution in [0.3, 0.4) is 0 Å². The summed E-state index contributed by atoms with van der Waals surface area (Å²) >= 11 is 0. The van der Waals surface area contributed by atoms with Crippen molar-refractivity contribution < 1.29 is 13.2 Å². The number of alkyl halides is 3. The van der Waals surface area contributed by atoms with Crippen molar-refractivity contribution >= 4 is 0 Å². The first-order valence-electron chi connectivity index (χ1n) is 5.90. The van der Waals surface area contributed by atoms with E-state index in [9.17, 15) is 13.2 Å². The average Bonchev–Trinajstić information content (AvgIpc) is 2.80. The maximum atomic E-state index is 13.1. The van der Waals surface area contributed by atoms with Crippen LogP contribution in [0.1, 0.15) is 18.1 Å². The Kier molecular flexibility index (Phi) is 3.61. The highest BCUT2D eigenvalue weighted by atomic mass is 19.4. The smallest absolute Gasteiger partial charge is 0.326 e. The summed E-state index contributed by atoms with van der Waals surface area (Å²) in [5.74, 6) is 0. The third-order valence-corrected chi connectivity index (χ3v) is 2.92. The Balaban J connectivity index is 2.69. The highest BCUT2D eigenvalue weighted by Crippen LogP contribution is 2.37. The first-order chi connectivity index (χ1) is 8.99. The standard InChI is InChI=1S/C13H14F3N3/c1-2-19-12(9(7-17)8-18-19)10-5-3-4-6-11(10)13(14,15)16/h3-6,8H,2,7,17H2,1H3. The van der Waals surface area contributed by atoms with Crippen molar-refractivity contribution in [3.63, 3.8) is 0 Å². The summed E-state index contributed by atoms with van der Waals surface area (Å²) in [5, 5.41) is 4.07. The zero-order valence-electron chi connectivity index (χ0n) is 10.4. The van der Waals surface area contributed by atoms with E-state index in [1.54, 1.807) is 6.07 Å². The van der Waals surface area contributed by atoms with Crippen molar-refractivity contribution in [2.24, 2.45) is 5.73 Å². The molecule has 0 amide bonds. The van der Waals surface area contributed by atoms with Gasteiger partial charge in [-0.3, -0.25) is 4.68 Å². The molecule has 102 valence electrons. The number of nitrogens with two attached hydrogens (primary N) is 1. The van der Waals surface area contributed by atoms with Crippen LogP contribution in [0.4, 0.5) is 13.2 Å². The molecule has 0 aliphatic heterocycles. The van der Waals surface area contributed by atoms with E-state index >= 15 is 0 Å². The summed E-state index contributed by atoms with van der Waals surface area (Å²) in [5.41, 5.74) is 6.09. The van der Waals surface area contributed by atoms with Gasteiger partial charge in [0.25, 0.3) is 0 Å². The molecule has 0 aliphatic rings. The molecule has 0 spiro atoms. The Bertz CT molecular complexity index is 551. The van der Waals surface area contributed by atoms with E-state index in [-0.39, 0.29) is 12.1 Å². The first kappa shape index (κ1) is 13.6. The number of aryl methyl sites for hydroxylation is 1. The molecule has 0 atom stereocenters. The molecule has 2 rings (SSSR count). The van der Waals surface area contributed by atoms with E-state index < -0.39 is 11.7 Å². The molecule has 1 aromatic carbocycles. The van der Waals surface area contributed by atoms with E-state index in [2.05, 4.69) is 5.10 Å². The topological polar surface area (TPSA) is 43.8 Å². The third kappa shape index (κ3) is 2.49. The third-order valence-electron chi connectivity index (χ3n) is 2.92. The van der Waals surface area contributed by atoms with Crippen LogP contribution >= 0.6 is 0 Å². The Hall–Kier alpha value is -1.82. The lowest BCUT2D eigenvalue weighted by Gasteiger charge is -2.14. The number of halogens is 3. The summed E-state index contributed by atoms with van der Waals surface area (Å²) in [6.45, 7) is 2.47. The van der Waals surface area contributed by atoms with Gasteiger partial charge in [-0.2, -0.15) is 18.3 Å². The van der Waals surface area contributed by atoms with Crippen molar-refractivity contribution in [1.29, 1.82) is 0 Å². The fraction of sp³-hybridized carbons (Fsp3) is 0.308. The highest BCUT2D eigenvalue weighted by Gasteiger charge is 2.34. The number of hydrogen-bond donors (Lipinski definition) is 1. The lowest BCUT2D eigenvalue weighted by molar-refractivity contribution is -0.137. The highest BCUT2D eigenvalue weighted by molar-refractivity contribution is 5.68. The Morgan fingerprint density at radius 3 is 2.53 bits per heavy atom. The van der Waals surface area contributed by atoms with Crippen LogP contribution in [-0.4, -0.2) is 9.78 Å². The van der Waals surface area contributed by atoms with Gasteiger partial charge in [-0.05, 0) is 13.0 Å². The molecule has 3 nitrogen and oxygen atoms in total. The summed E-state index contributed by atoms with van der Waals surface area (Å²) < 4.78 is 40.7. The summed E-state index contributed by atoms with van der Waals surface area (Å²) in [6.07, 6.45) is -2.88. The van der Waals surface area contributed by atoms with Gasteiger partial charge >= 0.3 is 6.18 Å². The van der Waals surface area contributed by atoms with Gasteiger partial charge in [-0.15, -0.1) is 0 Å². The van der Waals surface area contributed by atoms with Gasteiger partial charge in [-0.25, -0.2) is 0 Å². The largest absolute Gasteiger partial charge is 0.417 e. The lowest BCUT2D eigenvalue weighted by Crippen LogP contribution is -2.10. The minimum absolute atomic E-state index is 0.120. The zero-order valence-corrected chi connectivity index (χ0v) is 10.4. The maximum Gasteiger partial charge on any atom is 0.417 e. The Morgan fingerprint density at radius 1 is 1.26 bits per heavy atom. The fourth-order valence-electron chi connectivity index (χ4n) is 2.06. The number of rotatable bonds is 3. The maximum absolute atomic E-state index is 13.1. The van der Waals surface area contributed by atoms with Crippen molar-refractivity contribution in [3.8, 4) is 11.3 Å². The van der Waals surface area contributed by atoms with E-state index in [0.717, 1.165) is 6.07 Å². The van der Waals surface area contributed by atoms with Gasteiger partial charge in [0.2, 0.25) is 0 Å². The van der Waals surface area contributed by atoms with Gasteiger partial charge in [-0.1, -0.05) is 18.2 Å². The molecule has 0 fully saturated rings. The predicted octanol–water partition coefficient (Wildman–Crippen LogP) is 3.05. The Labute approximate surface area is 108 Å². The van der Waals surface area contributed by atoms with E-state index in [4.69, 9.17) is 5.73 Å². The van der Waals surface area contributed by atoms with Crippen LogP contribution in [0.15, 0.2) is 30.5 Å². The second-order valence-corrected chi connectivity index (χ2v) is 4.08. The minimum Gasteiger partial charge on any atom is -0.326 e. The predicted molar refractivity (Wildman–Crippen MR) is 66.2 cm³/mol. The molecular weight excluding hydrogens is 255 g/mol. The molecule has 1 heterocycles. The molecule has 0 radical (unpaired) electrons. The Morgan fingerprint density at radius 2 is 1.95 bits per heavy atom. The molecule has 0 bridgehead atoms. The normalized spacial score (nSPS) is 11.8. The molecule has 1 aromatic heterocycles. The second kappa shape index (κ2) is 5.05. The second-order valence-electron chi connectivity index (χ2n) is 4.08. The van der Waals surface area contributed by atoms with Crippen LogP contribution < -0.4 is 5.73 Å². The molecule has 2 aromatic rings. The molecule has 0 saturated heterocycles. The lowest BCUT2D eigenvalue weighted by atomic mass is 10.0. The van der Waals surface area contributed by atoms with E-state index in [1.165, 1.54) is 23.0 Å². The van der Waals surface area contributed by atoms with Crippen molar-refractivity contribution in [1.82, 2.24) is 9.78 Å². The van der Waals surface area contributed by atoms with Gasteiger partial charge in [0.1, 0.15) is 0 Å². The molecule has 6 heteroatoms. The molecule has 2 N–H and O–H groups in total. The van der Waals surface area contributed by atoms with Crippen LogP contribution in [-0.2, 0) is 19.3 Å². The van der Waals surface area contributed by atoms with Gasteiger partial charge in [0.05, 0.1) is 17.5 Å². The van der Waals surface area contributed by atoms with Crippen molar-refractivity contribution in [3.05, 3.63) is 41.6 Å². The van der Waals surface area contributed by atoms with E-state index in [1.807, 2.05) is 6.92 Å². The molecule has 0 saturated carbocycles. The SMILES string of the molecule is CCn1ncc(CN)c1-c1ccccc1C(F)(F)F. The zero-order chi connectivity index (χ0) is 14.0. The van der Waals surface area contributed by atoms with Crippen LogP contribution in [0.2, 0.25) is 0 Å².